The van der Waals surface area contributed by atoms with Gasteiger partial charge >= 0.3 is 7.12 Å². The summed E-state index contributed by atoms with van der Waals surface area (Å²) in [7, 11) is -0.716. The van der Waals surface area contributed by atoms with Crippen LogP contribution in [0.1, 0.15) is 54.0 Å². The van der Waals surface area contributed by atoms with E-state index in [1.54, 1.807) is 20.8 Å². The second-order valence-corrected chi connectivity index (χ2v) is 8.90. The Morgan fingerprint density at radius 2 is 1.67 bits per heavy atom. The summed E-state index contributed by atoms with van der Waals surface area (Å²) in [6, 6.07) is 1.44. The molecule has 2 aliphatic rings. The molecule has 27 heavy (non-hydrogen) atoms. The highest BCUT2D eigenvalue weighted by atomic mass is 19.1. The lowest BCUT2D eigenvalue weighted by Crippen LogP contribution is -2.56. The predicted molar refractivity (Wildman–Crippen MR) is 108 cm³/mol. The molecule has 2 aliphatic heterocycles. The number of benzene rings is 1. The van der Waals surface area contributed by atoms with Crippen molar-refractivity contribution in [3.8, 4) is 0 Å². The smallest absolute Gasteiger partial charge is 0.399 e. The average Bonchev–Trinajstić information content (AvgIpc) is 2.72. The lowest BCUT2D eigenvalue weighted by molar-refractivity contribution is 0.00578. The van der Waals surface area contributed by atoms with Gasteiger partial charge in [-0.2, -0.15) is 0 Å². The molecule has 0 saturated carbocycles. The molecule has 6 nitrogen and oxygen atoms in total. The summed E-state index contributed by atoms with van der Waals surface area (Å²) in [6.07, 6.45) is 0. The molecular formula is C19H28BFN4O2. The van der Waals surface area contributed by atoms with Crippen molar-refractivity contribution in [3.63, 3.8) is 0 Å². The van der Waals surface area contributed by atoms with E-state index in [9.17, 15) is 0 Å². The van der Waals surface area contributed by atoms with Gasteiger partial charge in [0.2, 0.25) is 0 Å². The van der Waals surface area contributed by atoms with Crippen LogP contribution in [0.15, 0.2) is 6.07 Å². The summed E-state index contributed by atoms with van der Waals surface area (Å²) in [5.74, 6) is -0.104. The Bertz CT molecular complexity index is 835. The fourth-order valence-corrected chi connectivity index (χ4v) is 3.47. The van der Waals surface area contributed by atoms with Crippen LogP contribution in [0.25, 0.3) is 0 Å². The molecule has 1 aromatic rings. The second kappa shape index (κ2) is 5.78. The van der Waals surface area contributed by atoms with Crippen LogP contribution in [0.4, 0.5) is 15.8 Å². The van der Waals surface area contributed by atoms with Gasteiger partial charge in [0.15, 0.2) is 0 Å². The lowest BCUT2D eigenvalue weighted by atomic mass is 9.74. The zero-order valence-corrected chi connectivity index (χ0v) is 17.3. The molecule has 1 fully saturated rings. The van der Waals surface area contributed by atoms with Crippen molar-refractivity contribution in [2.75, 3.05) is 10.2 Å². The molecule has 3 rings (SSSR count). The molecule has 0 aromatic heterocycles. The summed E-state index contributed by atoms with van der Waals surface area (Å²) >= 11 is 0. The first kappa shape index (κ1) is 19.8. The molecule has 3 N–H and O–H groups in total. The van der Waals surface area contributed by atoms with E-state index in [0.717, 1.165) is 5.56 Å². The van der Waals surface area contributed by atoms with E-state index in [0.29, 0.717) is 16.8 Å². The van der Waals surface area contributed by atoms with E-state index >= 15 is 4.39 Å². The van der Waals surface area contributed by atoms with Crippen LogP contribution in [0.5, 0.6) is 0 Å². The SMILES string of the molecule is CC(=N)N1C(=N)C(C)(C)Nc2c(F)cc(B3OC(C)(C)C(C)(C)O3)c(C)c21. The zero-order valence-electron chi connectivity index (χ0n) is 17.3. The Labute approximate surface area is 160 Å². The van der Waals surface area contributed by atoms with Gasteiger partial charge in [-0.15, -0.1) is 0 Å². The Balaban J connectivity index is 2.19. The average molecular weight is 374 g/mol. The van der Waals surface area contributed by atoms with Gasteiger partial charge in [0, 0.05) is 0 Å². The first-order chi connectivity index (χ1) is 12.2. The molecule has 1 aromatic carbocycles. The molecular weight excluding hydrogens is 346 g/mol. The zero-order chi connectivity index (χ0) is 20.5. The Morgan fingerprint density at radius 3 is 2.15 bits per heavy atom. The van der Waals surface area contributed by atoms with Gasteiger partial charge in [-0.05, 0) is 72.5 Å². The minimum Gasteiger partial charge on any atom is -0.399 e. The van der Waals surface area contributed by atoms with Gasteiger partial charge in [-0.1, -0.05) is 0 Å². The van der Waals surface area contributed by atoms with Crippen LogP contribution in [-0.2, 0) is 9.31 Å². The van der Waals surface area contributed by atoms with E-state index in [1.807, 2.05) is 34.6 Å². The highest BCUT2D eigenvalue weighted by molar-refractivity contribution is 6.63. The number of halogens is 1. The number of amidine groups is 2. The van der Waals surface area contributed by atoms with Crippen LogP contribution in [0.3, 0.4) is 0 Å². The highest BCUT2D eigenvalue weighted by Crippen LogP contribution is 2.41. The number of nitrogens with one attached hydrogen (secondary N) is 3. The monoisotopic (exact) mass is 374 g/mol. The van der Waals surface area contributed by atoms with Gasteiger partial charge in [-0.25, -0.2) is 4.39 Å². The van der Waals surface area contributed by atoms with Crippen molar-refractivity contribution < 1.29 is 13.7 Å². The largest absolute Gasteiger partial charge is 0.495 e. The van der Waals surface area contributed by atoms with Crippen molar-refractivity contribution in [3.05, 3.63) is 17.4 Å². The predicted octanol–water partition coefficient (Wildman–Crippen LogP) is 3.42. The minimum absolute atomic E-state index is 0.157. The molecule has 0 amide bonds. The third-order valence-electron chi connectivity index (χ3n) is 5.87. The fraction of sp³-hybridized carbons (Fsp3) is 0.579. The molecule has 0 atom stereocenters. The van der Waals surface area contributed by atoms with E-state index in [-0.39, 0.29) is 11.7 Å². The Morgan fingerprint density at radius 1 is 1.15 bits per heavy atom. The van der Waals surface area contributed by atoms with Crippen LogP contribution >= 0.6 is 0 Å². The number of fused-ring (bicyclic) bond motifs is 1. The third kappa shape index (κ3) is 2.86. The maximum Gasteiger partial charge on any atom is 0.495 e. The van der Waals surface area contributed by atoms with E-state index in [4.69, 9.17) is 20.1 Å². The number of hydrogen-bond donors (Lipinski definition) is 3. The first-order valence-corrected chi connectivity index (χ1v) is 9.11. The van der Waals surface area contributed by atoms with Crippen LogP contribution in [0, 0.1) is 23.6 Å². The number of hydrogen-bond acceptors (Lipinski definition) is 5. The molecule has 1 saturated heterocycles. The molecule has 0 aliphatic carbocycles. The molecule has 0 unspecified atom stereocenters. The molecule has 2 heterocycles. The van der Waals surface area contributed by atoms with Crippen LogP contribution in [-0.4, -0.2) is 35.5 Å². The standard InChI is InChI=1S/C19H28BFN4O2/c1-10-12(20-26-18(5,6)19(7,8)27-20)9-13(21)14-15(10)25(11(2)22)16(23)17(3,4)24-14/h9,22-24H,1-8H3. The van der Waals surface area contributed by atoms with E-state index in [1.165, 1.54) is 11.0 Å². The molecule has 8 heteroatoms. The first-order valence-electron chi connectivity index (χ1n) is 9.11. The van der Waals surface area contributed by atoms with Crippen molar-refractivity contribution in [2.24, 2.45) is 0 Å². The van der Waals surface area contributed by atoms with Crippen molar-refractivity contribution in [1.29, 1.82) is 10.8 Å². The lowest BCUT2D eigenvalue weighted by Gasteiger charge is -2.43. The van der Waals surface area contributed by atoms with Gasteiger partial charge < -0.3 is 14.6 Å². The van der Waals surface area contributed by atoms with Gasteiger partial charge in [0.1, 0.15) is 17.5 Å². The molecule has 0 spiro atoms. The van der Waals surface area contributed by atoms with Crippen LogP contribution in [0.2, 0.25) is 0 Å². The number of rotatable bonds is 1. The van der Waals surface area contributed by atoms with E-state index in [2.05, 4.69) is 5.32 Å². The van der Waals surface area contributed by atoms with Gasteiger partial charge in [-0.3, -0.25) is 15.7 Å². The number of anilines is 2. The van der Waals surface area contributed by atoms with Crippen LogP contribution < -0.4 is 15.7 Å². The summed E-state index contributed by atoms with van der Waals surface area (Å²) < 4.78 is 27.3. The summed E-state index contributed by atoms with van der Waals surface area (Å²) in [5, 5.41) is 19.8. The van der Waals surface area contributed by atoms with Crippen molar-refractivity contribution >= 4 is 35.6 Å². The Kier molecular flexibility index (Phi) is 4.25. The normalized spacial score (nSPS) is 22.5. The molecule has 0 bridgehead atoms. The highest BCUT2D eigenvalue weighted by Gasteiger charge is 2.53. The van der Waals surface area contributed by atoms with Gasteiger partial charge in [0.25, 0.3) is 0 Å². The third-order valence-corrected chi connectivity index (χ3v) is 5.87. The topological polar surface area (TPSA) is 81.4 Å². The minimum atomic E-state index is -0.797. The maximum atomic E-state index is 15.1. The Hall–Kier alpha value is -1.93. The molecule has 0 radical (unpaired) electrons. The quantitative estimate of drug-likeness (QED) is 0.400. The maximum absolute atomic E-state index is 15.1. The van der Waals surface area contributed by atoms with Gasteiger partial charge in [0.05, 0.1) is 28.1 Å². The fourth-order valence-electron chi connectivity index (χ4n) is 3.47. The van der Waals surface area contributed by atoms with Crippen molar-refractivity contribution in [1.82, 2.24) is 0 Å². The second-order valence-electron chi connectivity index (χ2n) is 8.90. The molecule has 146 valence electrons. The van der Waals surface area contributed by atoms with E-state index < -0.39 is 29.7 Å². The summed E-state index contributed by atoms with van der Waals surface area (Å²) in [5.41, 5.74) is 0.182. The summed E-state index contributed by atoms with van der Waals surface area (Å²) in [4.78, 5) is 1.49. The number of nitrogens with zero attached hydrogens (tertiary/aromatic N) is 1. The van der Waals surface area contributed by atoms with Crippen molar-refractivity contribution in [2.45, 2.75) is 72.1 Å². The summed E-state index contributed by atoms with van der Waals surface area (Å²) in [6.45, 7) is 14.8.